The van der Waals surface area contributed by atoms with Crippen LogP contribution in [0, 0.1) is 0 Å². The average Bonchev–Trinajstić information content (AvgIpc) is 3.24. The first kappa shape index (κ1) is 17.6. The summed E-state index contributed by atoms with van der Waals surface area (Å²) in [4.78, 5) is 24.5. The summed E-state index contributed by atoms with van der Waals surface area (Å²) in [5, 5.41) is 11.0. The molecule has 0 spiro atoms. The third kappa shape index (κ3) is 4.06. The molecule has 3 heterocycles. The van der Waals surface area contributed by atoms with Gasteiger partial charge in [0.2, 0.25) is 0 Å². The SMILES string of the molecule is Cn1cc(-n2cc(C(=O)NCC(C)(N)Cn3cccn3)ccc2=O)cn1. The standard InChI is InChI=1S/C17H21N7O2/c1-17(18,12-23-7-3-6-20-23)11-19-16(26)13-4-5-15(25)24(9-13)14-8-21-22(2)10-14/h3-10H,11-12,18H2,1-2H3,(H,19,26). The van der Waals surface area contributed by atoms with Crippen molar-refractivity contribution in [1.82, 2.24) is 29.4 Å². The van der Waals surface area contributed by atoms with Crippen molar-refractivity contribution in [1.29, 1.82) is 0 Å². The lowest BCUT2D eigenvalue weighted by atomic mass is 10.0. The number of nitrogens with one attached hydrogen (secondary N) is 1. The number of hydrogen-bond donors (Lipinski definition) is 2. The molecule has 0 bridgehead atoms. The van der Waals surface area contributed by atoms with E-state index >= 15 is 0 Å². The van der Waals surface area contributed by atoms with Crippen LogP contribution in [0.3, 0.4) is 0 Å². The largest absolute Gasteiger partial charge is 0.350 e. The molecule has 1 amide bonds. The Bertz CT molecular complexity index is 954. The summed E-state index contributed by atoms with van der Waals surface area (Å²) in [5.41, 5.74) is 6.29. The smallest absolute Gasteiger partial charge is 0.255 e. The Morgan fingerprint density at radius 2 is 2.12 bits per heavy atom. The maximum absolute atomic E-state index is 12.5. The molecule has 0 fully saturated rings. The van der Waals surface area contributed by atoms with Gasteiger partial charge in [-0.3, -0.25) is 23.5 Å². The lowest BCUT2D eigenvalue weighted by molar-refractivity contribution is 0.0942. The Balaban J connectivity index is 1.71. The molecular formula is C17H21N7O2. The summed E-state index contributed by atoms with van der Waals surface area (Å²) < 4.78 is 4.69. The molecule has 1 atom stereocenters. The molecule has 9 heteroatoms. The topological polar surface area (TPSA) is 113 Å². The maximum atomic E-state index is 12.5. The minimum Gasteiger partial charge on any atom is -0.350 e. The third-order valence-electron chi connectivity index (χ3n) is 3.88. The molecule has 26 heavy (non-hydrogen) atoms. The predicted octanol–water partition coefficient (Wildman–Crippen LogP) is -0.0851. The van der Waals surface area contributed by atoms with E-state index in [0.29, 0.717) is 17.8 Å². The molecular weight excluding hydrogens is 334 g/mol. The van der Waals surface area contributed by atoms with E-state index in [0.717, 1.165) is 0 Å². The molecule has 0 aliphatic heterocycles. The quantitative estimate of drug-likeness (QED) is 0.642. The van der Waals surface area contributed by atoms with Gasteiger partial charge in [0.25, 0.3) is 11.5 Å². The Morgan fingerprint density at radius 1 is 1.31 bits per heavy atom. The van der Waals surface area contributed by atoms with E-state index in [1.165, 1.54) is 22.9 Å². The highest BCUT2D eigenvalue weighted by molar-refractivity contribution is 5.94. The first-order valence-corrected chi connectivity index (χ1v) is 8.10. The van der Waals surface area contributed by atoms with E-state index in [9.17, 15) is 9.59 Å². The molecule has 3 N–H and O–H groups in total. The Hall–Kier alpha value is -3.20. The molecule has 0 radical (unpaired) electrons. The molecule has 1 unspecified atom stereocenters. The third-order valence-corrected chi connectivity index (χ3v) is 3.88. The minimum atomic E-state index is -0.667. The number of hydrogen-bond acceptors (Lipinski definition) is 5. The second-order valence-electron chi connectivity index (χ2n) is 6.54. The fourth-order valence-electron chi connectivity index (χ4n) is 2.56. The van der Waals surface area contributed by atoms with Crippen molar-refractivity contribution < 1.29 is 4.79 Å². The fourth-order valence-corrected chi connectivity index (χ4v) is 2.56. The summed E-state index contributed by atoms with van der Waals surface area (Å²) in [7, 11) is 1.76. The van der Waals surface area contributed by atoms with Crippen LogP contribution in [0.2, 0.25) is 0 Å². The predicted molar refractivity (Wildman–Crippen MR) is 96.0 cm³/mol. The zero-order valence-corrected chi connectivity index (χ0v) is 14.7. The van der Waals surface area contributed by atoms with Gasteiger partial charge in [-0.2, -0.15) is 10.2 Å². The number of carbonyl (C=O) groups is 1. The second-order valence-corrected chi connectivity index (χ2v) is 6.54. The van der Waals surface area contributed by atoms with Gasteiger partial charge < -0.3 is 11.1 Å². The Kier molecular flexibility index (Phi) is 4.72. The van der Waals surface area contributed by atoms with Crippen LogP contribution in [0.4, 0.5) is 0 Å². The molecule has 136 valence electrons. The fraction of sp³-hybridized carbons (Fsp3) is 0.294. The van der Waals surface area contributed by atoms with Gasteiger partial charge >= 0.3 is 0 Å². The molecule has 0 saturated carbocycles. The van der Waals surface area contributed by atoms with Gasteiger partial charge in [-0.25, -0.2) is 0 Å². The van der Waals surface area contributed by atoms with Gasteiger partial charge in [-0.05, 0) is 19.1 Å². The van der Waals surface area contributed by atoms with E-state index < -0.39 is 5.54 Å². The van der Waals surface area contributed by atoms with Crippen LogP contribution < -0.4 is 16.6 Å². The monoisotopic (exact) mass is 355 g/mol. The number of nitrogens with zero attached hydrogens (tertiary/aromatic N) is 5. The summed E-state index contributed by atoms with van der Waals surface area (Å²) in [5.74, 6) is -0.306. The highest BCUT2D eigenvalue weighted by Crippen LogP contribution is 2.06. The normalized spacial score (nSPS) is 13.3. The second kappa shape index (κ2) is 6.96. The minimum absolute atomic E-state index is 0.239. The Morgan fingerprint density at radius 3 is 2.77 bits per heavy atom. The van der Waals surface area contributed by atoms with Gasteiger partial charge in [0.1, 0.15) is 0 Å². The first-order valence-electron chi connectivity index (χ1n) is 8.10. The lowest BCUT2D eigenvalue weighted by Gasteiger charge is -2.25. The van der Waals surface area contributed by atoms with Crippen LogP contribution >= 0.6 is 0 Å². The summed E-state index contributed by atoms with van der Waals surface area (Å²) in [6.45, 7) is 2.57. The molecule has 0 saturated heterocycles. The van der Waals surface area contributed by atoms with Crippen molar-refractivity contribution in [2.24, 2.45) is 12.8 Å². The van der Waals surface area contributed by atoms with Gasteiger partial charge in [-0.1, -0.05) is 0 Å². The summed E-state index contributed by atoms with van der Waals surface area (Å²) >= 11 is 0. The van der Waals surface area contributed by atoms with Crippen LogP contribution in [0.5, 0.6) is 0 Å². The molecule has 3 rings (SSSR count). The lowest BCUT2D eigenvalue weighted by Crippen LogP contribution is -2.50. The van der Waals surface area contributed by atoms with Crippen molar-refractivity contribution in [2.45, 2.75) is 19.0 Å². The van der Waals surface area contributed by atoms with E-state index in [1.807, 2.05) is 19.2 Å². The number of aryl methyl sites for hydroxylation is 1. The van der Waals surface area contributed by atoms with Crippen molar-refractivity contribution >= 4 is 5.91 Å². The van der Waals surface area contributed by atoms with Gasteiger partial charge in [0, 0.05) is 44.4 Å². The molecule has 3 aromatic rings. The summed E-state index contributed by atoms with van der Waals surface area (Å²) in [6, 6.07) is 4.66. The summed E-state index contributed by atoms with van der Waals surface area (Å²) in [6.07, 6.45) is 8.25. The van der Waals surface area contributed by atoms with E-state index in [2.05, 4.69) is 15.5 Å². The molecule has 3 aromatic heterocycles. The van der Waals surface area contributed by atoms with Gasteiger partial charge in [0.15, 0.2) is 0 Å². The molecule has 0 aromatic carbocycles. The molecule has 9 nitrogen and oxygen atoms in total. The van der Waals surface area contributed by atoms with Gasteiger partial charge in [0.05, 0.1) is 29.5 Å². The highest BCUT2D eigenvalue weighted by atomic mass is 16.2. The highest BCUT2D eigenvalue weighted by Gasteiger charge is 2.21. The number of aromatic nitrogens is 5. The number of nitrogens with two attached hydrogens (primary N) is 1. The first-order chi connectivity index (χ1) is 12.3. The van der Waals surface area contributed by atoms with Gasteiger partial charge in [-0.15, -0.1) is 0 Å². The zero-order chi connectivity index (χ0) is 18.7. The zero-order valence-electron chi connectivity index (χ0n) is 14.7. The molecule has 0 aliphatic rings. The maximum Gasteiger partial charge on any atom is 0.255 e. The van der Waals surface area contributed by atoms with Crippen LogP contribution in [-0.2, 0) is 13.6 Å². The number of rotatable bonds is 6. The van der Waals surface area contributed by atoms with E-state index in [1.54, 1.807) is 35.0 Å². The van der Waals surface area contributed by atoms with Crippen molar-refractivity contribution in [3.63, 3.8) is 0 Å². The van der Waals surface area contributed by atoms with Crippen LogP contribution in [0.15, 0.2) is 54.0 Å². The van der Waals surface area contributed by atoms with E-state index in [-0.39, 0.29) is 18.0 Å². The average molecular weight is 355 g/mol. The van der Waals surface area contributed by atoms with Crippen LogP contribution in [-0.4, -0.2) is 42.1 Å². The van der Waals surface area contributed by atoms with Crippen LogP contribution in [0.1, 0.15) is 17.3 Å². The van der Waals surface area contributed by atoms with E-state index in [4.69, 9.17) is 5.73 Å². The number of pyridine rings is 1. The molecule has 0 aliphatic carbocycles. The Labute approximate surface area is 150 Å². The number of carbonyl (C=O) groups excluding carboxylic acids is 1. The van der Waals surface area contributed by atoms with Crippen LogP contribution in [0.25, 0.3) is 5.69 Å². The van der Waals surface area contributed by atoms with Crippen molar-refractivity contribution in [3.05, 3.63) is 65.1 Å². The van der Waals surface area contributed by atoms with Crippen molar-refractivity contribution in [3.8, 4) is 5.69 Å². The van der Waals surface area contributed by atoms with Crippen molar-refractivity contribution in [2.75, 3.05) is 6.54 Å². The number of amides is 1.